The van der Waals surface area contributed by atoms with E-state index in [0.717, 1.165) is 34.0 Å². The maximum Gasteiger partial charge on any atom is 0.262 e. The van der Waals surface area contributed by atoms with E-state index in [1.807, 2.05) is 67.6 Å². The lowest BCUT2D eigenvalue weighted by Crippen LogP contribution is -2.25. The summed E-state index contributed by atoms with van der Waals surface area (Å²) in [5.41, 5.74) is 3.50. The van der Waals surface area contributed by atoms with Crippen LogP contribution in [0.4, 0.5) is 5.69 Å². The quantitative estimate of drug-likeness (QED) is 0.537. The molecule has 2 aromatic carbocycles. The topological polar surface area (TPSA) is 96.5 Å². The lowest BCUT2D eigenvalue weighted by Gasteiger charge is -2.21. The molecule has 1 N–H and O–H groups in total. The molecular formula is C26H24N4O4S. The smallest absolute Gasteiger partial charge is 0.262 e. The van der Waals surface area contributed by atoms with Gasteiger partial charge in [-0.05, 0) is 60.5 Å². The number of furan rings is 1. The Bertz CT molecular complexity index is 1300. The summed E-state index contributed by atoms with van der Waals surface area (Å²) in [5.74, 6) is 0.929. The monoisotopic (exact) mass is 488 g/mol. The molecule has 2 aliphatic rings. The van der Waals surface area contributed by atoms with Crippen LogP contribution in [0.2, 0.25) is 0 Å². The second-order valence-corrected chi connectivity index (χ2v) is 9.43. The van der Waals surface area contributed by atoms with Crippen molar-refractivity contribution in [3.05, 3.63) is 83.8 Å². The van der Waals surface area contributed by atoms with E-state index in [-0.39, 0.29) is 24.3 Å². The van der Waals surface area contributed by atoms with Crippen LogP contribution < -0.4 is 10.1 Å². The number of para-hydroxylation sites is 1. The van der Waals surface area contributed by atoms with Crippen LogP contribution in [0.5, 0.6) is 5.75 Å². The molecule has 178 valence electrons. The number of nitrogens with zero attached hydrogens (tertiary/aromatic N) is 3. The van der Waals surface area contributed by atoms with Gasteiger partial charge in [0.15, 0.2) is 5.17 Å². The molecule has 3 heterocycles. The second-order valence-electron chi connectivity index (χ2n) is 8.26. The number of nitrogens with one attached hydrogen (secondary N) is 1. The van der Waals surface area contributed by atoms with Crippen LogP contribution in [0.15, 0.2) is 81.4 Å². The van der Waals surface area contributed by atoms with Crippen molar-refractivity contribution in [2.24, 2.45) is 10.1 Å². The van der Waals surface area contributed by atoms with Crippen LogP contribution in [0.25, 0.3) is 0 Å². The van der Waals surface area contributed by atoms with Crippen molar-refractivity contribution < 1.29 is 18.7 Å². The summed E-state index contributed by atoms with van der Waals surface area (Å²) in [6.07, 6.45) is 2.23. The summed E-state index contributed by atoms with van der Waals surface area (Å²) in [5, 5.41) is 9.29. The Balaban J connectivity index is 1.33. The zero-order chi connectivity index (χ0) is 24.4. The largest absolute Gasteiger partial charge is 0.497 e. The number of hydrogen-bond donors (Lipinski definition) is 1. The number of carbonyl (C=O) groups excluding carboxylic acids is 2. The fourth-order valence-corrected chi connectivity index (χ4v) is 5.10. The molecule has 0 fully saturated rings. The molecule has 8 nitrogen and oxygen atoms in total. The minimum Gasteiger partial charge on any atom is -0.497 e. The highest BCUT2D eigenvalue weighted by Gasteiger charge is 2.40. The minimum absolute atomic E-state index is 0.0269. The van der Waals surface area contributed by atoms with E-state index in [0.29, 0.717) is 11.6 Å². The van der Waals surface area contributed by atoms with Gasteiger partial charge in [-0.3, -0.25) is 9.59 Å². The number of hydrazone groups is 1. The van der Waals surface area contributed by atoms with Gasteiger partial charge >= 0.3 is 0 Å². The van der Waals surface area contributed by atoms with Crippen LogP contribution in [0.1, 0.15) is 35.8 Å². The molecule has 0 radical (unpaired) electrons. The van der Waals surface area contributed by atoms with Crippen molar-refractivity contribution in [3.63, 3.8) is 0 Å². The average molecular weight is 489 g/mol. The Labute approximate surface area is 207 Å². The molecule has 2 atom stereocenters. The highest BCUT2D eigenvalue weighted by Crippen LogP contribution is 2.39. The number of aryl methyl sites for hydroxylation is 1. The van der Waals surface area contributed by atoms with E-state index < -0.39 is 5.25 Å². The predicted octanol–water partition coefficient (Wildman–Crippen LogP) is 4.77. The zero-order valence-electron chi connectivity index (χ0n) is 19.3. The Morgan fingerprint density at radius 1 is 1.17 bits per heavy atom. The predicted molar refractivity (Wildman–Crippen MR) is 136 cm³/mol. The number of benzene rings is 2. The third-order valence-electron chi connectivity index (χ3n) is 5.92. The highest BCUT2D eigenvalue weighted by molar-refractivity contribution is 8.15. The number of ether oxygens (including phenoxy) is 1. The number of rotatable bonds is 6. The Morgan fingerprint density at radius 3 is 2.69 bits per heavy atom. The standard InChI is InChI=1S/C26H24N4O4S/c1-16-6-3-4-7-19(16)27-24(31)15-23-25(32)28-26(35-23)30-21(22-8-5-13-34-22)14-20(29-30)17-9-11-18(33-2)12-10-17/h3-13,21,23H,14-15H2,1-2H3,(H,27,31)/t21-,23+/m0/s1. The van der Waals surface area contributed by atoms with Crippen molar-refractivity contribution in [3.8, 4) is 5.75 Å². The summed E-state index contributed by atoms with van der Waals surface area (Å²) in [6, 6.07) is 18.7. The lowest BCUT2D eigenvalue weighted by molar-refractivity contribution is -0.121. The SMILES string of the molecule is COc1ccc(C2=NN(C3=NC(=O)[C@@H](CC(=O)Nc4ccccc4C)S3)[C@H](c3ccco3)C2)cc1. The maximum absolute atomic E-state index is 12.7. The van der Waals surface area contributed by atoms with Gasteiger partial charge < -0.3 is 14.5 Å². The summed E-state index contributed by atoms with van der Waals surface area (Å²) in [4.78, 5) is 29.6. The van der Waals surface area contributed by atoms with Gasteiger partial charge in [0.2, 0.25) is 5.91 Å². The first-order valence-electron chi connectivity index (χ1n) is 11.2. The number of amidine groups is 1. The van der Waals surface area contributed by atoms with Gasteiger partial charge in [0.1, 0.15) is 22.8 Å². The van der Waals surface area contributed by atoms with E-state index >= 15 is 0 Å². The van der Waals surface area contributed by atoms with Gasteiger partial charge in [0, 0.05) is 18.5 Å². The number of hydrogen-bond acceptors (Lipinski definition) is 7. The van der Waals surface area contributed by atoms with Gasteiger partial charge in [0.25, 0.3) is 5.91 Å². The van der Waals surface area contributed by atoms with Crippen LogP contribution >= 0.6 is 11.8 Å². The Morgan fingerprint density at radius 2 is 1.97 bits per heavy atom. The van der Waals surface area contributed by atoms with Crippen LogP contribution in [-0.4, -0.2) is 40.1 Å². The van der Waals surface area contributed by atoms with E-state index in [1.165, 1.54) is 11.8 Å². The third kappa shape index (κ3) is 4.85. The summed E-state index contributed by atoms with van der Waals surface area (Å²) >= 11 is 1.26. The van der Waals surface area contributed by atoms with E-state index in [4.69, 9.17) is 14.3 Å². The maximum atomic E-state index is 12.7. The summed E-state index contributed by atoms with van der Waals surface area (Å²) in [6.45, 7) is 1.92. The van der Waals surface area contributed by atoms with Crippen LogP contribution in [0, 0.1) is 6.92 Å². The molecule has 0 unspecified atom stereocenters. The molecule has 0 saturated carbocycles. The number of methoxy groups -OCH3 is 1. The number of carbonyl (C=O) groups is 2. The summed E-state index contributed by atoms with van der Waals surface area (Å²) in [7, 11) is 1.63. The first-order chi connectivity index (χ1) is 17.0. The molecule has 1 aromatic heterocycles. The molecule has 0 spiro atoms. The molecular weight excluding hydrogens is 464 g/mol. The highest BCUT2D eigenvalue weighted by atomic mass is 32.2. The second kappa shape index (κ2) is 9.79. The van der Waals surface area contributed by atoms with Gasteiger partial charge in [-0.2, -0.15) is 10.1 Å². The van der Waals surface area contributed by atoms with Gasteiger partial charge in [0.05, 0.1) is 19.1 Å². The van der Waals surface area contributed by atoms with Crippen molar-refractivity contribution >= 4 is 40.1 Å². The molecule has 3 aromatic rings. The first-order valence-corrected chi connectivity index (χ1v) is 12.1. The van der Waals surface area contributed by atoms with Crippen LogP contribution in [0.3, 0.4) is 0 Å². The summed E-state index contributed by atoms with van der Waals surface area (Å²) < 4.78 is 10.9. The van der Waals surface area contributed by atoms with Crippen molar-refractivity contribution in [1.29, 1.82) is 0 Å². The Kier molecular flexibility index (Phi) is 6.41. The van der Waals surface area contributed by atoms with Gasteiger partial charge in [-0.15, -0.1) is 0 Å². The number of thioether (sulfide) groups is 1. The minimum atomic E-state index is -0.605. The molecule has 2 aliphatic heterocycles. The van der Waals surface area contributed by atoms with Crippen LogP contribution in [-0.2, 0) is 9.59 Å². The number of anilines is 1. The molecule has 0 saturated heterocycles. The molecule has 9 heteroatoms. The van der Waals surface area contributed by atoms with Crippen molar-refractivity contribution in [2.75, 3.05) is 12.4 Å². The van der Waals surface area contributed by atoms with Crippen molar-refractivity contribution in [1.82, 2.24) is 5.01 Å². The van der Waals surface area contributed by atoms with Gasteiger partial charge in [-0.1, -0.05) is 30.0 Å². The molecule has 0 aliphatic carbocycles. The molecule has 2 amide bonds. The number of amides is 2. The van der Waals surface area contributed by atoms with E-state index in [1.54, 1.807) is 18.4 Å². The lowest BCUT2D eigenvalue weighted by atomic mass is 10.0. The fourth-order valence-electron chi connectivity index (χ4n) is 4.03. The first kappa shape index (κ1) is 22.9. The third-order valence-corrected chi connectivity index (χ3v) is 7.06. The Hall–Kier alpha value is -3.85. The van der Waals surface area contributed by atoms with E-state index in [9.17, 15) is 9.59 Å². The zero-order valence-corrected chi connectivity index (χ0v) is 20.1. The normalized spacial score (nSPS) is 19.5. The fraction of sp³-hybridized carbons (Fsp3) is 0.231. The molecule has 5 rings (SSSR count). The van der Waals surface area contributed by atoms with Gasteiger partial charge in [-0.25, -0.2) is 5.01 Å². The van der Waals surface area contributed by atoms with Crippen molar-refractivity contribution in [2.45, 2.75) is 31.1 Å². The average Bonchev–Trinajstić information content (AvgIpc) is 3.61. The molecule has 35 heavy (non-hydrogen) atoms. The molecule has 0 bridgehead atoms. The van der Waals surface area contributed by atoms with E-state index in [2.05, 4.69) is 10.3 Å². The number of aliphatic imine (C=N–C) groups is 1.